The number of piperidine rings is 2. The van der Waals surface area contributed by atoms with Gasteiger partial charge in [0.05, 0.1) is 17.7 Å². The number of benzene rings is 2. The highest BCUT2D eigenvalue weighted by Crippen LogP contribution is 2.29. The molecule has 1 aromatic heterocycles. The van der Waals surface area contributed by atoms with Crippen LogP contribution in [-0.4, -0.2) is 77.4 Å². The number of likely N-dealkylation sites (tertiary alicyclic amines) is 1. The van der Waals surface area contributed by atoms with Crippen molar-refractivity contribution in [3.63, 3.8) is 0 Å². The molecule has 0 bridgehead atoms. The second-order valence-corrected chi connectivity index (χ2v) is 10.0. The summed E-state index contributed by atoms with van der Waals surface area (Å²) in [7, 11) is 0. The Morgan fingerprint density at radius 1 is 1.00 bits per heavy atom. The zero-order valence-corrected chi connectivity index (χ0v) is 22.1. The van der Waals surface area contributed by atoms with E-state index in [9.17, 15) is 14.4 Å². The first-order valence-electron chi connectivity index (χ1n) is 13.6. The summed E-state index contributed by atoms with van der Waals surface area (Å²) in [5.74, 6) is -0.548. The quantitative estimate of drug-likeness (QED) is 0.447. The van der Waals surface area contributed by atoms with Gasteiger partial charge < -0.3 is 25.6 Å². The number of hydrogen-bond donors (Lipinski definition) is 3. The molecule has 2 aliphatic heterocycles. The van der Waals surface area contributed by atoms with Crippen LogP contribution >= 0.6 is 0 Å². The molecule has 3 N–H and O–H groups in total. The molecule has 2 saturated heterocycles. The van der Waals surface area contributed by atoms with E-state index in [1.807, 2.05) is 54.6 Å². The van der Waals surface area contributed by atoms with Gasteiger partial charge in [-0.05, 0) is 51.8 Å². The maximum absolute atomic E-state index is 14.1. The molecule has 3 heterocycles. The van der Waals surface area contributed by atoms with Crippen molar-refractivity contribution in [2.75, 3.05) is 32.8 Å². The molecule has 0 aliphatic carbocycles. The van der Waals surface area contributed by atoms with E-state index in [0.717, 1.165) is 5.56 Å². The molecule has 10 heteroatoms. The van der Waals surface area contributed by atoms with Gasteiger partial charge in [0.15, 0.2) is 0 Å². The van der Waals surface area contributed by atoms with Crippen molar-refractivity contribution in [1.82, 2.24) is 31.0 Å². The number of ether oxygens (including phenoxy) is 1. The highest BCUT2D eigenvalue weighted by molar-refractivity contribution is 6.12. The van der Waals surface area contributed by atoms with E-state index in [0.29, 0.717) is 80.6 Å². The van der Waals surface area contributed by atoms with Gasteiger partial charge in [-0.2, -0.15) is 0 Å². The lowest BCUT2D eigenvalue weighted by Gasteiger charge is -2.39. The van der Waals surface area contributed by atoms with Crippen LogP contribution in [0.25, 0.3) is 22.2 Å². The summed E-state index contributed by atoms with van der Waals surface area (Å²) in [4.78, 5) is 41.6. The predicted octanol–water partition coefficient (Wildman–Crippen LogP) is 2.89. The van der Waals surface area contributed by atoms with Crippen molar-refractivity contribution in [3.05, 3.63) is 60.2 Å². The van der Waals surface area contributed by atoms with Crippen LogP contribution in [0.5, 0.6) is 0 Å². The van der Waals surface area contributed by atoms with Gasteiger partial charge in [0.2, 0.25) is 5.91 Å². The summed E-state index contributed by atoms with van der Waals surface area (Å²) in [5, 5.41) is 19.1. The molecular formula is C29H34N6O4. The molecule has 3 aromatic rings. The van der Waals surface area contributed by atoms with Gasteiger partial charge in [0.1, 0.15) is 11.2 Å². The van der Waals surface area contributed by atoms with Crippen LogP contribution in [0.4, 0.5) is 4.79 Å². The molecule has 0 saturated carbocycles. The molecule has 0 atom stereocenters. The van der Waals surface area contributed by atoms with Gasteiger partial charge in [0.25, 0.3) is 5.91 Å². The number of nitrogens with one attached hydrogen (secondary N) is 3. The Bertz CT molecular complexity index is 1330. The van der Waals surface area contributed by atoms with Crippen molar-refractivity contribution in [2.45, 2.75) is 44.2 Å². The minimum Gasteiger partial charge on any atom is -0.450 e. The molecule has 5 rings (SSSR count). The van der Waals surface area contributed by atoms with Gasteiger partial charge in [-0.3, -0.25) is 9.59 Å². The van der Waals surface area contributed by atoms with Gasteiger partial charge in [-0.15, -0.1) is 10.2 Å². The lowest BCUT2D eigenvalue weighted by Crippen LogP contribution is -2.64. The topological polar surface area (TPSA) is 126 Å². The Balaban J connectivity index is 1.39. The summed E-state index contributed by atoms with van der Waals surface area (Å²) in [5.41, 5.74) is 1.19. The van der Waals surface area contributed by atoms with Gasteiger partial charge in [0, 0.05) is 30.1 Å². The molecular weight excluding hydrogens is 496 g/mol. The SMILES string of the molecule is CCOC(=O)N1CCC(NC(=O)C2(NC(=O)c3c(-c4ccccc4)nnc4ccccc34)CCNCC2)CC1. The number of hydrogen-bond acceptors (Lipinski definition) is 7. The van der Waals surface area contributed by atoms with Gasteiger partial charge >= 0.3 is 6.09 Å². The zero-order valence-electron chi connectivity index (χ0n) is 22.1. The van der Waals surface area contributed by atoms with E-state index in [1.165, 1.54) is 0 Å². The lowest BCUT2D eigenvalue weighted by atomic mass is 9.85. The number of rotatable bonds is 6. The molecule has 2 aromatic carbocycles. The Morgan fingerprint density at radius 3 is 2.41 bits per heavy atom. The molecule has 2 fully saturated rings. The van der Waals surface area contributed by atoms with Crippen LogP contribution in [0.15, 0.2) is 54.6 Å². The van der Waals surface area contributed by atoms with E-state index in [2.05, 4.69) is 26.1 Å². The number of nitrogens with zero attached hydrogens (tertiary/aromatic N) is 3. The summed E-state index contributed by atoms with van der Waals surface area (Å²) >= 11 is 0. The number of carbonyl (C=O) groups is 3. The third-order valence-corrected chi connectivity index (χ3v) is 7.54. The second-order valence-electron chi connectivity index (χ2n) is 10.0. The van der Waals surface area contributed by atoms with E-state index >= 15 is 0 Å². The lowest BCUT2D eigenvalue weighted by molar-refractivity contribution is -0.129. The molecule has 39 heavy (non-hydrogen) atoms. The predicted molar refractivity (Wildman–Crippen MR) is 147 cm³/mol. The van der Waals surface area contributed by atoms with Crippen LogP contribution in [0.2, 0.25) is 0 Å². The molecule has 10 nitrogen and oxygen atoms in total. The van der Waals surface area contributed by atoms with E-state index in [4.69, 9.17) is 4.74 Å². The highest BCUT2D eigenvalue weighted by atomic mass is 16.6. The summed E-state index contributed by atoms with van der Waals surface area (Å²) in [6.45, 7) is 4.36. The molecule has 3 amide bonds. The third kappa shape index (κ3) is 5.70. The van der Waals surface area contributed by atoms with Crippen molar-refractivity contribution >= 4 is 28.8 Å². The number of fused-ring (bicyclic) bond motifs is 1. The van der Waals surface area contributed by atoms with E-state index < -0.39 is 5.54 Å². The minimum atomic E-state index is -1.07. The monoisotopic (exact) mass is 530 g/mol. The second kappa shape index (κ2) is 11.8. The average molecular weight is 531 g/mol. The maximum atomic E-state index is 14.1. The van der Waals surface area contributed by atoms with Crippen molar-refractivity contribution in [2.24, 2.45) is 0 Å². The fraction of sp³-hybridized carbons (Fsp3) is 0.414. The molecule has 0 unspecified atom stereocenters. The standard InChI is InChI=1S/C29H34N6O4/c1-2-39-28(38)35-18-12-21(13-19-35)31-27(37)29(14-16-30-17-15-29)32-26(36)24-22-10-6-7-11-23(22)33-34-25(24)20-8-4-3-5-9-20/h3-11,21,30H,2,12-19H2,1H3,(H,31,37)(H,32,36). The molecule has 0 spiro atoms. The Labute approximate surface area is 227 Å². The van der Waals surface area contributed by atoms with Crippen LogP contribution in [0, 0.1) is 0 Å². The Morgan fingerprint density at radius 2 is 1.69 bits per heavy atom. The third-order valence-electron chi connectivity index (χ3n) is 7.54. The average Bonchev–Trinajstić information content (AvgIpc) is 2.98. The summed E-state index contributed by atoms with van der Waals surface area (Å²) in [6, 6.07) is 16.8. The molecule has 2 aliphatic rings. The summed E-state index contributed by atoms with van der Waals surface area (Å²) < 4.78 is 5.10. The van der Waals surface area contributed by atoms with Crippen molar-refractivity contribution < 1.29 is 19.1 Å². The van der Waals surface area contributed by atoms with E-state index in [1.54, 1.807) is 11.8 Å². The zero-order chi connectivity index (χ0) is 27.2. The normalized spacial score (nSPS) is 17.4. The van der Waals surface area contributed by atoms with Crippen molar-refractivity contribution in [1.29, 1.82) is 0 Å². The molecule has 204 valence electrons. The van der Waals surface area contributed by atoms with Crippen LogP contribution < -0.4 is 16.0 Å². The first kappa shape index (κ1) is 26.6. The minimum absolute atomic E-state index is 0.0878. The van der Waals surface area contributed by atoms with Crippen LogP contribution in [0.3, 0.4) is 0 Å². The molecule has 0 radical (unpaired) electrons. The largest absolute Gasteiger partial charge is 0.450 e. The van der Waals surface area contributed by atoms with Gasteiger partial charge in [-0.1, -0.05) is 48.5 Å². The fourth-order valence-corrected chi connectivity index (χ4v) is 5.37. The smallest absolute Gasteiger partial charge is 0.409 e. The number of carbonyl (C=O) groups excluding carboxylic acids is 3. The Hall–Kier alpha value is -4.05. The van der Waals surface area contributed by atoms with Crippen LogP contribution in [0.1, 0.15) is 43.0 Å². The van der Waals surface area contributed by atoms with Crippen LogP contribution in [-0.2, 0) is 9.53 Å². The first-order valence-corrected chi connectivity index (χ1v) is 13.6. The number of amides is 3. The summed E-state index contributed by atoms with van der Waals surface area (Å²) in [6.07, 6.45) is 1.86. The maximum Gasteiger partial charge on any atom is 0.409 e. The van der Waals surface area contributed by atoms with Gasteiger partial charge in [-0.25, -0.2) is 4.79 Å². The fourth-order valence-electron chi connectivity index (χ4n) is 5.37. The first-order chi connectivity index (χ1) is 19.0. The highest BCUT2D eigenvalue weighted by Gasteiger charge is 2.43. The number of aromatic nitrogens is 2. The van der Waals surface area contributed by atoms with Crippen molar-refractivity contribution in [3.8, 4) is 11.3 Å². The van der Waals surface area contributed by atoms with E-state index in [-0.39, 0.29) is 23.9 Å². The Kier molecular flexibility index (Phi) is 8.02.